The minimum absolute atomic E-state index is 0.225. The largest absolute Gasteiger partial charge is 0.424 e. The van der Waals surface area contributed by atoms with Crippen molar-refractivity contribution < 1.29 is 4.74 Å². The Morgan fingerprint density at radius 3 is 2.00 bits per heavy atom. The molecule has 0 saturated heterocycles. The van der Waals surface area contributed by atoms with E-state index in [1.165, 1.54) is 44.9 Å². The molecule has 0 radical (unpaired) electrons. The molecule has 2 fully saturated rings. The lowest BCUT2D eigenvalue weighted by Gasteiger charge is -2.32. The van der Waals surface area contributed by atoms with Gasteiger partial charge in [0.15, 0.2) is 0 Å². The van der Waals surface area contributed by atoms with E-state index in [9.17, 15) is 0 Å². The molecule has 0 aromatic heterocycles. The lowest BCUT2D eigenvalue weighted by Crippen LogP contribution is -2.23. The Bertz CT molecular complexity index is 255. The smallest absolute Gasteiger partial charge is 0.286 e. The molecular formula is C15H25NO. The third kappa shape index (κ3) is 3.91. The predicted octanol–water partition coefficient (Wildman–Crippen LogP) is 4.26. The molecule has 0 unspecified atom stereocenters. The van der Waals surface area contributed by atoms with Gasteiger partial charge in [-0.05, 0) is 49.9 Å². The SMILES string of the molecule is CC1CCC(CC2CCC(OC#N)CC2)CC1. The summed E-state index contributed by atoms with van der Waals surface area (Å²) in [5, 5.41) is 8.50. The van der Waals surface area contributed by atoms with Crippen molar-refractivity contribution in [2.45, 2.75) is 70.8 Å². The lowest BCUT2D eigenvalue weighted by atomic mass is 9.75. The molecule has 2 saturated carbocycles. The van der Waals surface area contributed by atoms with E-state index in [4.69, 9.17) is 10.00 Å². The van der Waals surface area contributed by atoms with Crippen LogP contribution in [0, 0.1) is 29.3 Å². The zero-order valence-electron chi connectivity index (χ0n) is 11.0. The topological polar surface area (TPSA) is 33.0 Å². The fourth-order valence-corrected chi connectivity index (χ4v) is 3.60. The normalized spacial score (nSPS) is 38.4. The van der Waals surface area contributed by atoms with Gasteiger partial charge in [-0.2, -0.15) is 5.26 Å². The van der Waals surface area contributed by atoms with Gasteiger partial charge >= 0.3 is 0 Å². The maximum absolute atomic E-state index is 8.50. The standard InChI is InChI=1S/C15H25NO/c1-12-2-4-13(5-3-12)10-14-6-8-15(9-7-14)17-11-16/h12-15H,2-10H2,1H3. The van der Waals surface area contributed by atoms with Gasteiger partial charge in [-0.1, -0.05) is 32.6 Å². The van der Waals surface area contributed by atoms with E-state index in [0.29, 0.717) is 0 Å². The second kappa shape index (κ2) is 6.28. The maximum Gasteiger partial charge on any atom is 0.286 e. The predicted molar refractivity (Wildman–Crippen MR) is 68.2 cm³/mol. The summed E-state index contributed by atoms with van der Waals surface area (Å²) >= 11 is 0. The number of nitriles is 1. The van der Waals surface area contributed by atoms with E-state index in [2.05, 4.69) is 6.92 Å². The van der Waals surface area contributed by atoms with Gasteiger partial charge in [0.1, 0.15) is 6.10 Å². The highest BCUT2D eigenvalue weighted by molar-refractivity contribution is 4.79. The van der Waals surface area contributed by atoms with E-state index in [1.54, 1.807) is 0 Å². The third-order valence-electron chi connectivity index (χ3n) is 4.82. The zero-order valence-corrected chi connectivity index (χ0v) is 11.0. The van der Waals surface area contributed by atoms with Crippen LogP contribution in [0.1, 0.15) is 64.7 Å². The Labute approximate surface area is 105 Å². The van der Waals surface area contributed by atoms with Crippen LogP contribution < -0.4 is 0 Å². The average molecular weight is 235 g/mol. The third-order valence-corrected chi connectivity index (χ3v) is 4.82. The highest BCUT2D eigenvalue weighted by Crippen LogP contribution is 2.37. The fraction of sp³-hybridized carbons (Fsp3) is 0.933. The van der Waals surface area contributed by atoms with Gasteiger partial charge in [0.25, 0.3) is 6.26 Å². The van der Waals surface area contributed by atoms with Crippen LogP contribution in [0.5, 0.6) is 0 Å². The van der Waals surface area contributed by atoms with Gasteiger partial charge in [0.2, 0.25) is 0 Å². The highest BCUT2D eigenvalue weighted by atomic mass is 16.5. The van der Waals surface area contributed by atoms with Crippen LogP contribution in [0.2, 0.25) is 0 Å². The summed E-state index contributed by atoms with van der Waals surface area (Å²) < 4.78 is 5.04. The first kappa shape index (κ1) is 12.7. The van der Waals surface area contributed by atoms with Crippen LogP contribution in [0.15, 0.2) is 0 Å². The summed E-state index contributed by atoms with van der Waals surface area (Å²) in [5.74, 6) is 2.86. The van der Waals surface area contributed by atoms with Crippen molar-refractivity contribution in [1.82, 2.24) is 0 Å². The van der Waals surface area contributed by atoms with Gasteiger partial charge in [0.05, 0.1) is 0 Å². The molecular weight excluding hydrogens is 210 g/mol. The van der Waals surface area contributed by atoms with Gasteiger partial charge < -0.3 is 4.74 Å². The van der Waals surface area contributed by atoms with Crippen LogP contribution in [0.3, 0.4) is 0 Å². The molecule has 2 aliphatic carbocycles. The Morgan fingerprint density at radius 1 is 0.941 bits per heavy atom. The minimum atomic E-state index is 0.225. The van der Waals surface area contributed by atoms with Crippen molar-refractivity contribution in [2.24, 2.45) is 17.8 Å². The summed E-state index contributed by atoms with van der Waals surface area (Å²) in [7, 11) is 0. The van der Waals surface area contributed by atoms with E-state index in [1.807, 2.05) is 6.26 Å². The second-order valence-corrected chi connectivity index (χ2v) is 6.21. The molecule has 2 nitrogen and oxygen atoms in total. The van der Waals surface area contributed by atoms with Crippen LogP contribution in [0.25, 0.3) is 0 Å². The van der Waals surface area contributed by atoms with E-state index in [-0.39, 0.29) is 6.10 Å². The fourth-order valence-electron chi connectivity index (χ4n) is 3.60. The summed E-state index contributed by atoms with van der Waals surface area (Å²) in [6.45, 7) is 2.39. The van der Waals surface area contributed by atoms with Gasteiger partial charge in [0, 0.05) is 0 Å². The molecule has 0 aromatic carbocycles. The number of ether oxygens (including phenoxy) is 1. The second-order valence-electron chi connectivity index (χ2n) is 6.21. The van der Waals surface area contributed by atoms with Crippen molar-refractivity contribution in [3.63, 3.8) is 0 Å². The number of hydrogen-bond acceptors (Lipinski definition) is 2. The van der Waals surface area contributed by atoms with Gasteiger partial charge in [-0.15, -0.1) is 0 Å². The molecule has 2 rings (SSSR count). The first-order chi connectivity index (χ1) is 8.28. The van der Waals surface area contributed by atoms with Gasteiger partial charge in [-0.25, -0.2) is 0 Å². The number of nitrogens with zero attached hydrogens (tertiary/aromatic N) is 1. The van der Waals surface area contributed by atoms with Crippen LogP contribution >= 0.6 is 0 Å². The van der Waals surface area contributed by atoms with E-state index >= 15 is 0 Å². The van der Waals surface area contributed by atoms with Crippen molar-refractivity contribution in [1.29, 1.82) is 5.26 Å². The monoisotopic (exact) mass is 235 g/mol. The van der Waals surface area contributed by atoms with Crippen LogP contribution in [-0.4, -0.2) is 6.10 Å². The molecule has 0 bridgehead atoms. The van der Waals surface area contributed by atoms with Gasteiger partial charge in [-0.3, -0.25) is 0 Å². The van der Waals surface area contributed by atoms with Crippen LogP contribution in [-0.2, 0) is 4.74 Å². The maximum atomic E-state index is 8.50. The van der Waals surface area contributed by atoms with Crippen LogP contribution in [0.4, 0.5) is 0 Å². The zero-order chi connectivity index (χ0) is 12.1. The first-order valence-corrected chi connectivity index (χ1v) is 7.32. The Hall–Kier alpha value is -0.710. The van der Waals surface area contributed by atoms with E-state index in [0.717, 1.165) is 30.6 Å². The average Bonchev–Trinajstić information content (AvgIpc) is 2.35. The first-order valence-electron chi connectivity index (χ1n) is 7.32. The van der Waals surface area contributed by atoms with E-state index < -0.39 is 0 Å². The molecule has 0 heterocycles. The summed E-state index contributed by atoms with van der Waals surface area (Å²) in [4.78, 5) is 0. The summed E-state index contributed by atoms with van der Waals surface area (Å²) in [5.41, 5.74) is 0. The molecule has 0 atom stereocenters. The van der Waals surface area contributed by atoms with Crippen molar-refractivity contribution >= 4 is 0 Å². The Kier molecular flexibility index (Phi) is 4.71. The molecule has 0 spiro atoms. The number of hydrogen-bond donors (Lipinski definition) is 0. The molecule has 0 N–H and O–H groups in total. The summed E-state index contributed by atoms with van der Waals surface area (Å²) in [6, 6.07) is 0. The molecule has 0 aliphatic heterocycles. The minimum Gasteiger partial charge on any atom is -0.424 e. The molecule has 0 aromatic rings. The molecule has 2 aliphatic rings. The Morgan fingerprint density at radius 2 is 1.47 bits per heavy atom. The van der Waals surface area contributed by atoms with Crippen molar-refractivity contribution in [3.8, 4) is 6.26 Å². The van der Waals surface area contributed by atoms with Crippen molar-refractivity contribution in [3.05, 3.63) is 0 Å². The van der Waals surface area contributed by atoms with Crippen molar-refractivity contribution in [2.75, 3.05) is 0 Å². The Balaban J connectivity index is 1.66. The number of rotatable bonds is 3. The molecule has 2 heteroatoms. The quantitative estimate of drug-likeness (QED) is 0.685. The lowest BCUT2D eigenvalue weighted by molar-refractivity contribution is 0.0907. The molecule has 17 heavy (non-hydrogen) atoms. The molecule has 0 amide bonds. The highest BCUT2D eigenvalue weighted by Gasteiger charge is 2.26. The summed E-state index contributed by atoms with van der Waals surface area (Å²) in [6.07, 6.45) is 14.0. The molecule has 96 valence electrons.